The number of rotatable bonds is 3. The maximum Gasteiger partial charge on any atom is 0.339 e. The molecule has 0 radical (unpaired) electrons. The molecule has 0 heterocycles. The number of halogens is 1. The van der Waals surface area contributed by atoms with E-state index >= 15 is 0 Å². The van der Waals surface area contributed by atoms with Gasteiger partial charge in [-0.15, -0.1) is 12.6 Å². The van der Waals surface area contributed by atoms with Crippen molar-refractivity contribution >= 4 is 34.5 Å². The highest BCUT2D eigenvalue weighted by Crippen LogP contribution is 2.24. The number of ether oxygens (including phenoxy) is 1. The van der Waals surface area contributed by atoms with E-state index in [1.165, 1.54) is 0 Å². The van der Waals surface area contributed by atoms with Crippen molar-refractivity contribution in [3.8, 4) is 6.07 Å². The van der Waals surface area contributed by atoms with Crippen LogP contribution < -0.4 is 0 Å². The van der Waals surface area contributed by atoms with Crippen LogP contribution in [-0.4, -0.2) is 12.6 Å². The minimum Gasteiger partial charge on any atom is -0.462 e. The first-order chi connectivity index (χ1) is 7.65. The first kappa shape index (κ1) is 13.1. The summed E-state index contributed by atoms with van der Waals surface area (Å²) < 4.78 is 4.88. The molecule has 0 spiro atoms. The molecule has 1 aromatic rings. The third-order valence-electron chi connectivity index (χ3n) is 2.03. The molecule has 0 bridgehead atoms. The van der Waals surface area contributed by atoms with Crippen molar-refractivity contribution in [1.82, 2.24) is 0 Å². The van der Waals surface area contributed by atoms with Crippen LogP contribution in [0.3, 0.4) is 0 Å². The number of alkyl halides is 1. The number of hydrogen-bond acceptors (Lipinski definition) is 4. The van der Waals surface area contributed by atoms with E-state index in [0.29, 0.717) is 21.4 Å². The molecule has 0 fully saturated rings. The first-order valence-corrected chi connectivity index (χ1v) is 6.20. The zero-order chi connectivity index (χ0) is 12.1. The minimum atomic E-state index is -0.477. The van der Waals surface area contributed by atoms with Gasteiger partial charge in [0.25, 0.3) is 0 Å². The highest BCUT2D eigenvalue weighted by atomic mass is 79.9. The van der Waals surface area contributed by atoms with Gasteiger partial charge in [0.15, 0.2) is 0 Å². The monoisotopic (exact) mass is 299 g/mol. The van der Waals surface area contributed by atoms with Gasteiger partial charge in [-0.1, -0.05) is 15.9 Å². The number of esters is 1. The number of carbonyl (C=O) groups excluding carboxylic acids is 1. The Bertz CT molecular complexity index is 454. The van der Waals surface area contributed by atoms with Crippen LogP contribution in [0, 0.1) is 11.3 Å². The van der Waals surface area contributed by atoms with Crippen molar-refractivity contribution in [2.24, 2.45) is 0 Å². The molecule has 1 aromatic carbocycles. The first-order valence-electron chi connectivity index (χ1n) is 4.63. The second-order valence-electron chi connectivity index (χ2n) is 2.95. The maximum absolute atomic E-state index is 11.6. The Labute approximate surface area is 108 Å². The summed E-state index contributed by atoms with van der Waals surface area (Å²) in [6, 6.07) is 5.26. The highest BCUT2D eigenvalue weighted by molar-refractivity contribution is 9.08. The van der Waals surface area contributed by atoms with Crippen molar-refractivity contribution in [3.63, 3.8) is 0 Å². The summed E-state index contributed by atoms with van der Waals surface area (Å²) in [5.41, 5.74) is 1.32. The number of hydrogen-bond donors (Lipinski definition) is 1. The third-order valence-corrected chi connectivity index (χ3v) is 3.01. The Morgan fingerprint density at radius 3 is 2.81 bits per heavy atom. The molecule has 84 valence electrons. The fraction of sp³-hybridized carbons (Fsp3) is 0.273. The summed E-state index contributed by atoms with van der Waals surface area (Å²) in [6.07, 6.45) is 0. The van der Waals surface area contributed by atoms with E-state index in [2.05, 4.69) is 28.6 Å². The summed E-state index contributed by atoms with van der Waals surface area (Å²) in [6.45, 7) is 2.01. The van der Waals surface area contributed by atoms with Crippen LogP contribution in [0.1, 0.15) is 28.4 Å². The van der Waals surface area contributed by atoms with Crippen LogP contribution in [0.25, 0.3) is 0 Å². The van der Waals surface area contributed by atoms with Crippen LogP contribution >= 0.6 is 28.6 Å². The number of benzene rings is 1. The molecule has 0 saturated carbocycles. The van der Waals surface area contributed by atoms with E-state index in [1.807, 2.05) is 6.07 Å². The summed E-state index contributed by atoms with van der Waals surface area (Å²) in [4.78, 5) is 12.3. The molecular weight excluding hydrogens is 290 g/mol. The van der Waals surface area contributed by atoms with Gasteiger partial charge in [0.1, 0.15) is 6.07 Å². The summed E-state index contributed by atoms with van der Waals surface area (Å²) >= 11 is 7.51. The van der Waals surface area contributed by atoms with Crippen molar-refractivity contribution < 1.29 is 9.53 Å². The topological polar surface area (TPSA) is 50.1 Å². The lowest BCUT2D eigenvalue weighted by atomic mass is 10.0. The molecule has 0 saturated heterocycles. The van der Waals surface area contributed by atoms with Crippen LogP contribution in [-0.2, 0) is 10.1 Å². The van der Waals surface area contributed by atoms with Gasteiger partial charge >= 0.3 is 5.97 Å². The van der Waals surface area contributed by atoms with Crippen LogP contribution in [0.4, 0.5) is 0 Å². The third kappa shape index (κ3) is 2.57. The Balaban J connectivity index is 3.31. The molecule has 16 heavy (non-hydrogen) atoms. The lowest BCUT2D eigenvalue weighted by Gasteiger charge is -2.09. The Kier molecular flexibility index (Phi) is 4.84. The normalized spacial score (nSPS) is 9.62. The molecular formula is C11H10BrNO2S. The zero-order valence-electron chi connectivity index (χ0n) is 8.66. The summed E-state index contributed by atoms with van der Waals surface area (Å²) in [5, 5.41) is 9.53. The zero-order valence-corrected chi connectivity index (χ0v) is 11.1. The number of nitriles is 1. The van der Waals surface area contributed by atoms with Gasteiger partial charge in [-0.3, -0.25) is 0 Å². The molecule has 0 aliphatic heterocycles. The Morgan fingerprint density at radius 1 is 1.62 bits per heavy atom. The fourth-order valence-electron chi connectivity index (χ4n) is 1.28. The van der Waals surface area contributed by atoms with Gasteiger partial charge in [0.05, 0.1) is 17.7 Å². The lowest BCUT2D eigenvalue weighted by Crippen LogP contribution is -2.08. The van der Waals surface area contributed by atoms with E-state index in [9.17, 15) is 4.79 Å². The molecule has 0 aliphatic carbocycles. The quantitative estimate of drug-likeness (QED) is 0.530. The molecule has 5 heteroatoms. The largest absolute Gasteiger partial charge is 0.462 e. The Hall–Kier alpha value is -0.990. The Morgan fingerprint density at radius 2 is 2.31 bits per heavy atom. The van der Waals surface area contributed by atoms with E-state index in [-0.39, 0.29) is 12.2 Å². The van der Waals surface area contributed by atoms with Gasteiger partial charge in [0, 0.05) is 10.2 Å². The molecule has 0 unspecified atom stereocenters. The van der Waals surface area contributed by atoms with Crippen molar-refractivity contribution in [3.05, 3.63) is 28.8 Å². The standard InChI is InChI=1S/C11H10BrNO2S/c1-2-15-11(14)7-3-4-10(16)8(5-12)9(7)6-13/h3-4,16H,2,5H2,1H3. The van der Waals surface area contributed by atoms with Crippen molar-refractivity contribution in [2.75, 3.05) is 6.61 Å². The number of carbonyl (C=O) groups is 1. The van der Waals surface area contributed by atoms with Crippen LogP contribution in [0.2, 0.25) is 0 Å². The molecule has 0 atom stereocenters. The maximum atomic E-state index is 11.6. The predicted molar refractivity (Wildman–Crippen MR) is 67.0 cm³/mol. The van der Waals surface area contributed by atoms with E-state index in [1.54, 1.807) is 19.1 Å². The molecule has 0 amide bonds. The average Bonchev–Trinajstić information content (AvgIpc) is 2.28. The summed E-state index contributed by atoms with van der Waals surface area (Å²) in [5.74, 6) is -0.477. The second-order valence-corrected chi connectivity index (χ2v) is 3.99. The molecule has 3 nitrogen and oxygen atoms in total. The van der Waals surface area contributed by atoms with Gasteiger partial charge in [0.2, 0.25) is 0 Å². The van der Waals surface area contributed by atoms with Gasteiger partial charge in [-0.2, -0.15) is 5.26 Å². The summed E-state index contributed by atoms with van der Waals surface area (Å²) in [7, 11) is 0. The smallest absolute Gasteiger partial charge is 0.339 e. The SMILES string of the molecule is CCOC(=O)c1ccc(S)c(CBr)c1C#N. The molecule has 1 rings (SSSR count). The van der Waals surface area contributed by atoms with E-state index < -0.39 is 5.97 Å². The van der Waals surface area contributed by atoms with Gasteiger partial charge in [-0.25, -0.2) is 4.79 Å². The molecule has 0 aliphatic rings. The minimum absolute atomic E-state index is 0.288. The van der Waals surface area contributed by atoms with Crippen molar-refractivity contribution in [1.29, 1.82) is 5.26 Å². The predicted octanol–water partition coefficient (Wildman–Crippen LogP) is 2.92. The van der Waals surface area contributed by atoms with E-state index in [4.69, 9.17) is 10.00 Å². The van der Waals surface area contributed by atoms with Crippen molar-refractivity contribution in [2.45, 2.75) is 17.1 Å². The van der Waals surface area contributed by atoms with Crippen LogP contribution in [0.5, 0.6) is 0 Å². The molecule has 0 aromatic heterocycles. The lowest BCUT2D eigenvalue weighted by molar-refractivity contribution is 0.0526. The number of thiol groups is 1. The van der Waals surface area contributed by atoms with Crippen LogP contribution in [0.15, 0.2) is 17.0 Å². The van der Waals surface area contributed by atoms with Gasteiger partial charge < -0.3 is 4.74 Å². The second kappa shape index (κ2) is 5.92. The molecule has 0 N–H and O–H groups in total. The fourth-order valence-corrected chi connectivity index (χ4v) is 2.34. The van der Waals surface area contributed by atoms with E-state index in [0.717, 1.165) is 0 Å². The number of nitrogens with zero attached hydrogens (tertiary/aromatic N) is 1. The van der Waals surface area contributed by atoms with Gasteiger partial charge in [-0.05, 0) is 24.6 Å². The average molecular weight is 300 g/mol. The highest BCUT2D eigenvalue weighted by Gasteiger charge is 2.17.